The average molecular weight is 1620 g/mol. The van der Waals surface area contributed by atoms with Crippen molar-refractivity contribution in [2.75, 3.05) is 0 Å². The summed E-state index contributed by atoms with van der Waals surface area (Å²) in [6, 6.07) is 96.9. The van der Waals surface area contributed by atoms with E-state index in [0.29, 0.717) is 53.3 Å². The molecule has 19 rings (SSSR count). The van der Waals surface area contributed by atoms with Gasteiger partial charge in [0.1, 0.15) is 28.4 Å². The molecule has 0 spiro atoms. The van der Waals surface area contributed by atoms with E-state index in [9.17, 15) is 4.79 Å². The van der Waals surface area contributed by atoms with Crippen LogP contribution >= 0.6 is 0 Å². The molecular formula is C109H123N9O4. The highest BCUT2D eigenvalue weighted by molar-refractivity contribution is 5.88. The number of H-pyrrole nitrogens is 2. The zero-order chi connectivity index (χ0) is 87.4. The zero-order valence-electron chi connectivity index (χ0n) is 75.0. The molecule has 13 heteroatoms. The second-order valence-electron chi connectivity index (χ2n) is 33.5. The molecule has 0 amide bonds. The minimum absolute atomic E-state index is 0.0313. The molecule has 0 saturated heterocycles. The summed E-state index contributed by atoms with van der Waals surface area (Å²) in [4.78, 5) is 39.9. The minimum atomic E-state index is -0.0313. The Morgan fingerprint density at radius 1 is 0.328 bits per heavy atom. The third kappa shape index (κ3) is 25.4. The lowest BCUT2D eigenvalue weighted by Gasteiger charge is -2.08. The molecule has 0 saturated carbocycles. The lowest BCUT2D eigenvalue weighted by molar-refractivity contribution is 0.378. The molecule has 10 aromatic carbocycles. The van der Waals surface area contributed by atoms with Gasteiger partial charge >= 0.3 is 5.69 Å². The first-order valence-electron chi connectivity index (χ1n) is 43.1. The summed E-state index contributed by atoms with van der Waals surface area (Å²) in [6.07, 6.45) is 7.33. The molecule has 13 nitrogen and oxygen atoms in total. The van der Waals surface area contributed by atoms with E-state index >= 15 is 0 Å². The number of aromatic nitrogens is 9. The van der Waals surface area contributed by atoms with E-state index in [4.69, 9.17) is 13.4 Å². The van der Waals surface area contributed by atoms with Crippen molar-refractivity contribution in [3.8, 4) is 0 Å². The van der Waals surface area contributed by atoms with Crippen molar-refractivity contribution in [3.05, 3.63) is 372 Å². The molecule has 9 heterocycles. The fraction of sp³-hybridized carbons (Fsp3) is 0.275. The van der Waals surface area contributed by atoms with Crippen molar-refractivity contribution in [2.24, 2.45) is 0 Å². The first kappa shape index (κ1) is 91.4. The number of benzene rings is 10. The normalized spacial score (nSPS) is 11.1. The summed E-state index contributed by atoms with van der Waals surface area (Å²) in [5.74, 6) is 7.68. The predicted octanol–water partition coefficient (Wildman–Crippen LogP) is 30.9. The molecule has 0 bridgehead atoms. The van der Waals surface area contributed by atoms with Gasteiger partial charge < -0.3 is 23.3 Å². The van der Waals surface area contributed by atoms with Gasteiger partial charge in [-0.1, -0.05) is 312 Å². The highest BCUT2D eigenvalue weighted by Gasteiger charge is 2.14. The smallest absolute Gasteiger partial charge is 0.326 e. The van der Waals surface area contributed by atoms with E-state index in [0.717, 1.165) is 72.6 Å². The Bertz CT molecular complexity index is 5980. The zero-order valence-corrected chi connectivity index (χ0v) is 75.0. The average Bonchev–Trinajstić information content (AvgIpc) is 1.65. The van der Waals surface area contributed by atoms with Crippen molar-refractivity contribution >= 4 is 98.2 Å². The number of nitrogens with one attached hydrogen (secondary N) is 2. The van der Waals surface area contributed by atoms with Gasteiger partial charge in [0.05, 0.1) is 50.8 Å². The van der Waals surface area contributed by atoms with E-state index in [2.05, 4.69) is 328 Å². The summed E-state index contributed by atoms with van der Waals surface area (Å²) in [5, 5.41) is 15.4. The molecule has 0 aliphatic heterocycles. The maximum atomic E-state index is 11.5. The Hall–Kier alpha value is -12.9. The van der Waals surface area contributed by atoms with Crippen molar-refractivity contribution in [2.45, 2.75) is 198 Å². The Morgan fingerprint density at radius 3 is 1.45 bits per heavy atom. The molecular weight excluding hydrogens is 1500 g/mol. The second kappa shape index (κ2) is 45.0. The van der Waals surface area contributed by atoms with Crippen LogP contribution in [-0.2, 0) is 0 Å². The number of hydrogen-bond donors (Lipinski definition) is 2. The number of nitrogens with zero attached hydrogens (tertiary/aromatic N) is 7. The van der Waals surface area contributed by atoms with Crippen LogP contribution in [0.2, 0.25) is 0 Å². The van der Waals surface area contributed by atoms with Gasteiger partial charge in [-0.15, -0.1) is 0 Å². The van der Waals surface area contributed by atoms with Crippen LogP contribution in [0.1, 0.15) is 249 Å². The largest absolute Gasteiger partial charge is 0.469 e. The quantitative estimate of drug-likeness (QED) is 0.134. The fourth-order valence-corrected chi connectivity index (χ4v) is 13.9. The predicted molar refractivity (Wildman–Crippen MR) is 516 cm³/mol. The summed E-state index contributed by atoms with van der Waals surface area (Å²) in [7, 11) is 0. The SMILES string of the molecule is CC(C)c1cc2ccccc2[nH]1.CC(C)c1cc2ccccc2o1.CC(C)c1ccc2ccccc2n1.CC(C)c1cccc2ccccc12.CC(C)c1ccco1.CC(C)c1ccnc2ccccc12.CC(C)c1cnc2ccccc2n1.CC(C)c1nccc2ccccc12.CC(C)c1onc2ccccc12.CC(C)n1c(=O)[nH]c2ccccc21. The molecule has 0 unspecified atom stereocenters. The molecule has 9 aromatic heterocycles. The minimum Gasteiger partial charge on any atom is -0.469 e. The van der Waals surface area contributed by atoms with Gasteiger partial charge in [0, 0.05) is 86.2 Å². The van der Waals surface area contributed by atoms with Crippen LogP contribution in [0.5, 0.6) is 0 Å². The Kier molecular flexibility index (Phi) is 33.7. The third-order valence-electron chi connectivity index (χ3n) is 20.6. The number of furan rings is 2. The van der Waals surface area contributed by atoms with Crippen molar-refractivity contribution in [1.29, 1.82) is 0 Å². The lowest BCUT2D eigenvalue weighted by atomic mass is 9.96. The molecule has 0 aliphatic rings. The van der Waals surface area contributed by atoms with Gasteiger partial charge in [0.2, 0.25) is 0 Å². The van der Waals surface area contributed by atoms with Crippen LogP contribution in [-0.4, -0.2) is 44.6 Å². The summed E-state index contributed by atoms with van der Waals surface area (Å²) in [6.45, 7) is 42.9. The number of fused-ring (bicyclic) bond motifs is 9. The number of imidazole rings is 1. The highest BCUT2D eigenvalue weighted by Crippen LogP contribution is 2.30. The van der Waals surface area contributed by atoms with Gasteiger partial charge in [-0.25, -0.2) is 9.78 Å². The Morgan fingerprint density at radius 2 is 0.852 bits per heavy atom. The highest BCUT2D eigenvalue weighted by atomic mass is 16.5. The van der Waals surface area contributed by atoms with Crippen LogP contribution in [0.3, 0.4) is 0 Å². The van der Waals surface area contributed by atoms with Gasteiger partial charge in [-0.05, 0) is 185 Å². The van der Waals surface area contributed by atoms with Crippen molar-refractivity contribution < 1.29 is 13.4 Å². The van der Waals surface area contributed by atoms with Crippen molar-refractivity contribution in [1.82, 2.24) is 44.6 Å². The molecule has 122 heavy (non-hydrogen) atoms. The summed E-state index contributed by atoms with van der Waals surface area (Å²) < 4.78 is 17.7. The van der Waals surface area contributed by atoms with Crippen molar-refractivity contribution in [3.63, 3.8) is 0 Å². The van der Waals surface area contributed by atoms with E-state index < -0.39 is 0 Å². The number of rotatable bonds is 10. The van der Waals surface area contributed by atoms with E-state index in [-0.39, 0.29) is 11.7 Å². The van der Waals surface area contributed by atoms with Crippen LogP contribution in [0.15, 0.2) is 328 Å². The van der Waals surface area contributed by atoms with Crippen LogP contribution < -0.4 is 5.69 Å². The third-order valence-corrected chi connectivity index (χ3v) is 20.6. The molecule has 628 valence electrons. The summed E-state index contributed by atoms with van der Waals surface area (Å²) >= 11 is 0. The summed E-state index contributed by atoms with van der Waals surface area (Å²) in [5.41, 5.74) is 16.7. The standard InChI is InChI=1S/C13H14.3C12H13N.C11H12N2.C11H13N.C11H12O.C10H12N2O.C10H11NO.C7H10O/c1-10(2)12-9-5-7-11-6-3-4-8-13(11)12;1-9(2)10-7-8-13-12-6-4-3-5-11(10)12;1-9(2)11-8-7-10-5-3-4-6-12(10)13-11;1-9(2)12-11-6-4-3-5-10(11)7-8-13-12;1-8(2)11-7-12-9-5-3-4-6-10(9)13-11;2*1-8(2)11-7-9-5-3-4-6-10(9)12-11;1-7(2)12-9-6-4-3-5-8(9)11-10(12)13;1-7(2)10-8-5-3-4-6-9(8)11-12-10;1-6(2)7-4-3-5-8-7/h3-10H,1-2H3;3*3-9H,1-2H3;3-8H,1-2H3;3-8,12H,1-2H3;3-8H,1-2H3;3-7H,1-2H3,(H,11,13);3-7H,1-2H3;3-6H,1-2H3. The van der Waals surface area contributed by atoms with Gasteiger partial charge in [0.15, 0.2) is 0 Å². The topological polar surface area (TPSA) is 170 Å². The molecule has 0 radical (unpaired) electrons. The number of hydrogen-bond acceptors (Lipinski definition) is 10. The second-order valence-corrected chi connectivity index (χ2v) is 33.5. The van der Waals surface area contributed by atoms with E-state index in [1.165, 1.54) is 76.8 Å². The maximum Gasteiger partial charge on any atom is 0.326 e. The molecule has 19 aromatic rings. The van der Waals surface area contributed by atoms with Gasteiger partial charge in [0.25, 0.3) is 0 Å². The number of pyridine rings is 3. The van der Waals surface area contributed by atoms with Crippen LogP contribution in [0.25, 0.3) is 98.2 Å². The molecule has 0 fully saturated rings. The Labute approximate surface area is 721 Å². The first-order chi connectivity index (χ1) is 58.7. The first-order valence-corrected chi connectivity index (χ1v) is 43.1. The van der Waals surface area contributed by atoms with E-state index in [1.807, 2.05) is 154 Å². The Balaban J connectivity index is 0.000000142. The van der Waals surface area contributed by atoms with Gasteiger partial charge in [-0.2, -0.15) is 0 Å². The van der Waals surface area contributed by atoms with Gasteiger partial charge in [-0.3, -0.25) is 24.5 Å². The number of aromatic amines is 2. The molecule has 0 aliphatic carbocycles. The lowest BCUT2D eigenvalue weighted by Crippen LogP contribution is -2.18. The fourth-order valence-electron chi connectivity index (χ4n) is 13.9. The number of para-hydroxylation sites is 8. The monoisotopic (exact) mass is 1620 g/mol. The molecule has 2 N–H and O–H groups in total. The van der Waals surface area contributed by atoms with Crippen LogP contribution in [0, 0.1) is 0 Å². The van der Waals surface area contributed by atoms with Crippen LogP contribution in [0.4, 0.5) is 0 Å². The van der Waals surface area contributed by atoms with E-state index in [1.54, 1.807) is 10.8 Å². The maximum absolute atomic E-state index is 11.5. The molecule has 0 atom stereocenters.